The summed E-state index contributed by atoms with van der Waals surface area (Å²) < 4.78 is 7.24. The Morgan fingerprint density at radius 2 is 1.71 bits per heavy atom. The molecule has 6 rings (SSSR count). The first kappa shape index (κ1) is 21.7. The normalized spacial score (nSPS) is 16.5. The van der Waals surface area contributed by atoms with E-state index < -0.39 is 0 Å². The summed E-state index contributed by atoms with van der Waals surface area (Å²) >= 11 is 1.94. The lowest BCUT2D eigenvalue weighted by Crippen LogP contribution is -2.34. The molecule has 31 heavy (non-hydrogen) atoms. The Balaban J connectivity index is 0.000000137. The van der Waals surface area contributed by atoms with Gasteiger partial charge < -0.3 is 15.0 Å². The summed E-state index contributed by atoms with van der Waals surface area (Å²) in [5.41, 5.74) is 3.09. The molecule has 2 aromatic heterocycles. The third-order valence-corrected chi connectivity index (χ3v) is 6.87. The molecule has 0 bridgehead atoms. The number of thiophene rings is 1. The van der Waals surface area contributed by atoms with Crippen LogP contribution in [0.2, 0.25) is 0 Å². The lowest BCUT2D eigenvalue weighted by atomic mass is 10.1. The molecule has 2 aliphatic heterocycles. The zero-order valence-electron chi connectivity index (χ0n) is 17.9. The van der Waals surface area contributed by atoms with E-state index in [1.165, 1.54) is 29.8 Å². The largest absolute Gasteiger partial charge is 0.378 e. The maximum Gasteiger partial charge on any atom is 0.209 e. The summed E-state index contributed by atoms with van der Waals surface area (Å²) in [7, 11) is 0. The number of carbonyl (C=O) groups excluding carboxylic acids is 1. The molecule has 8 heteroatoms. The van der Waals surface area contributed by atoms with E-state index in [9.17, 15) is 4.79 Å². The molecule has 1 amide bonds. The first-order chi connectivity index (χ1) is 15.3. The minimum absolute atomic E-state index is 0.693. The quantitative estimate of drug-likeness (QED) is 0.591. The van der Waals surface area contributed by atoms with E-state index in [2.05, 4.69) is 20.1 Å². The fraction of sp³-hybridized carbons (Fsp3) is 0.435. The predicted octanol–water partition coefficient (Wildman–Crippen LogP) is 2.89. The van der Waals surface area contributed by atoms with Crippen LogP contribution in [-0.2, 0) is 35.5 Å². The van der Waals surface area contributed by atoms with Crippen molar-refractivity contribution in [2.75, 3.05) is 26.3 Å². The summed E-state index contributed by atoms with van der Waals surface area (Å²) in [6.45, 7) is 6.72. The highest BCUT2D eigenvalue weighted by Gasteiger charge is 2.26. The van der Waals surface area contributed by atoms with Gasteiger partial charge in [0.05, 0.1) is 19.8 Å². The number of ether oxygens (including phenoxy) is 1. The minimum Gasteiger partial charge on any atom is -0.378 e. The maximum absolute atomic E-state index is 10.0. The number of morpholine rings is 1. The van der Waals surface area contributed by atoms with Crippen LogP contribution in [0.5, 0.6) is 0 Å². The van der Waals surface area contributed by atoms with E-state index in [0.717, 1.165) is 44.2 Å². The van der Waals surface area contributed by atoms with Gasteiger partial charge in [0, 0.05) is 30.1 Å². The zero-order chi connectivity index (χ0) is 21.5. The lowest BCUT2D eigenvalue weighted by Gasteiger charge is -2.21. The summed E-state index contributed by atoms with van der Waals surface area (Å²) in [5.74, 6) is 2.05. The molecular weight excluding hydrogens is 410 g/mol. The SMILES string of the molecule is Cc1nnc2n1-c1sc3c(c1CNC2)CCC3.O=CN1CCOCC1.c1ccccc1. The second-order valence-electron chi connectivity index (χ2n) is 7.65. The molecule has 0 saturated carbocycles. The molecule has 1 fully saturated rings. The topological polar surface area (TPSA) is 72.3 Å². The molecule has 7 nitrogen and oxygen atoms in total. The van der Waals surface area contributed by atoms with Crippen LogP contribution in [0.25, 0.3) is 5.00 Å². The molecule has 164 valence electrons. The van der Waals surface area contributed by atoms with Crippen LogP contribution in [-0.4, -0.2) is 52.4 Å². The molecule has 0 atom stereocenters. The van der Waals surface area contributed by atoms with Crippen molar-refractivity contribution in [2.45, 2.75) is 39.3 Å². The fourth-order valence-corrected chi connectivity index (χ4v) is 5.45. The Bertz CT molecular complexity index is 953. The molecule has 0 radical (unpaired) electrons. The lowest BCUT2D eigenvalue weighted by molar-refractivity contribution is -0.121. The molecule has 3 aromatic rings. The second-order valence-corrected chi connectivity index (χ2v) is 8.74. The van der Waals surface area contributed by atoms with Gasteiger partial charge in [-0.25, -0.2) is 0 Å². The molecule has 0 spiro atoms. The zero-order valence-corrected chi connectivity index (χ0v) is 18.7. The Morgan fingerprint density at radius 3 is 2.35 bits per heavy atom. The van der Waals surface area contributed by atoms with Crippen LogP contribution < -0.4 is 5.32 Å². The van der Waals surface area contributed by atoms with Crippen LogP contribution >= 0.6 is 11.3 Å². The van der Waals surface area contributed by atoms with Crippen molar-refractivity contribution in [3.05, 3.63) is 64.1 Å². The van der Waals surface area contributed by atoms with E-state index in [-0.39, 0.29) is 0 Å². The third kappa shape index (κ3) is 5.20. The first-order valence-corrected chi connectivity index (χ1v) is 11.6. The Labute approximate surface area is 187 Å². The number of aryl methyl sites for hydroxylation is 2. The Morgan fingerprint density at radius 1 is 1.00 bits per heavy atom. The van der Waals surface area contributed by atoms with Gasteiger partial charge in [-0.05, 0) is 31.7 Å². The number of nitrogens with one attached hydrogen (secondary N) is 1. The van der Waals surface area contributed by atoms with Crippen molar-refractivity contribution in [3.63, 3.8) is 0 Å². The smallest absolute Gasteiger partial charge is 0.209 e. The van der Waals surface area contributed by atoms with Gasteiger partial charge in [-0.2, -0.15) is 0 Å². The molecule has 1 aromatic carbocycles. The number of nitrogens with zero attached hydrogens (tertiary/aromatic N) is 4. The highest BCUT2D eigenvalue weighted by atomic mass is 32.1. The van der Waals surface area contributed by atoms with Gasteiger partial charge in [-0.15, -0.1) is 21.5 Å². The average Bonchev–Trinajstić information content (AvgIpc) is 3.49. The van der Waals surface area contributed by atoms with Gasteiger partial charge >= 0.3 is 0 Å². The number of fused-ring (bicyclic) bond motifs is 5. The van der Waals surface area contributed by atoms with Crippen molar-refractivity contribution < 1.29 is 9.53 Å². The van der Waals surface area contributed by atoms with E-state index in [4.69, 9.17) is 4.74 Å². The Hall–Kier alpha value is -2.55. The molecule has 1 N–H and O–H groups in total. The summed E-state index contributed by atoms with van der Waals surface area (Å²) in [4.78, 5) is 13.3. The van der Waals surface area contributed by atoms with E-state index >= 15 is 0 Å². The third-order valence-electron chi connectivity index (χ3n) is 5.55. The minimum atomic E-state index is 0.693. The van der Waals surface area contributed by atoms with Crippen LogP contribution in [0.15, 0.2) is 36.4 Å². The van der Waals surface area contributed by atoms with Gasteiger partial charge in [-0.3, -0.25) is 9.36 Å². The summed E-state index contributed by atoms with van der Waals surface area (Å²) in [6.07, 6.45) is 4.69. The predicted molar refractivity (Wildman–Crippen MR) is 121 cm³/mol. The molecule has 0 unspecified atom stereocenters. The van der Waals surface area contributed by atoms with Crippen LogP contribution in [0.3, 0.4) is 0 Å². The number of carbonyl (C=O) groups is 1. The fourth-order valence-electron chi connectivity index (χ4n) is 3.97. The number of hydrogen-bond acceptors (Lipinski definition) is 6. The van der Waals surface area contributed by atoms with Crippen LogP contribution in [0, 0.1) is 6.92 Å². The number of amides is 1. The Kier molecular flexibility index (Phi) is 7.45. The maximum atomic E-state index is 10.0. The van der Waals surface area contributed by atoms with Crippen LogP contribution in [0.1, 0.15) is 34.1 Å². The van der Waals surface area contributed by atoms with Gasteiger partial charge in [0.1, 0.15) is 10.8 Å². The highest BCUT2D eigenvalue weighted by Crippen LogP contribution is 2.39. The number of rotatable bonds is 1. The molecule has 1 saturated heterocycles. The molecular formula is C23H29N5O2S. The van der Waals surface area contributed by atoms with Crippen molar-refractivity contribution in [1.82, 2.24) is 25.0 Å². The number of aromatic nitrogens is 3. The van der Waals surface area contributed by atoms with Crippen molar-refractivity contribution in [2.24, 2.45) is 0 Å². The van der Waals surface area contributed by atoms with Gasteiger partial charge in [-0.1, -0.05) is 36.4 Å². The van der Waals surface area contributed by atoms with Gasteiger partial charge in [0.2, 0.25) is 6.41 Å². The summed E-state index contributed by atoms with van der Waals surface area (Å²) in [5, 5.41) is 13.3. The van der Waals surface area contributed by atoms with Gasteiger partial charge in [0.15, 0.2) is 5.82 Å². The van der Waals surface area contributed by atoms with Gasteiger partial charge in [0.25, 0.3) is 0 Å². The van der Waals surface area contributed by atoms with Crippen molar-refractivity contribution in [1.29, 1.82) is 0 Å². The second kappa shape index (κ2) is 10.7. The van der Waals surface area contributed by atoms with E-state index in [1.807, 2.05) is 54.7 Å². The van der Waals surface area contributed by atoms with Crippen molar-refractivity contribution in [3.8, 4) is 5.00 Å². The van der Waals surface area contributed by atoms with Crippen LogP contribution in [0.4, 0.5) is 0 Å². The molecule has 1 aliphatic carbocycles. The van der Waals surface area contributed by atoms with E-state index in [1.54, 1.807) is 15.3 Å². The molecule has 3 aliphatic rings. The standard InChI is InChI=1S/C12H14N4S.C6H6.C5H9NO2/c1-7-14-15-11-6-13-5-9-8-3-2-4-10(8)17-12(9)16(7)11;1-2-4-6-5-3-1;7-5-6-1-3-8-4-2-6/h13H,2-6H2,1H3;1-6H;5H,1-4H2. The molecule has 4 heterocycles. The average molecular weight is 440 g/mol. The highest BCUT2D eigenvalue weighted by molar-refractivity contribution is 7.15. The number of benzene rings is 1. The first-order valence-electron chi connectivity index (χ1n) is 10.8. The van der Waals surface area contributed by atoms with E-state index in [0.29, 0.717) is 13.2 Å². The van der Waals surface area contributed by atoms with Crippen molar-refractivity contribution >= 4 is 17.7 Å². The monoisotopic (exact) mass is 439 g/mol. The number of hydrogen-bond donors (Lipinski definition) is 1. The summed E-state index contributed by atoms with van der Waals surface area (Å²) in [6, 6.07) is 12.0.